The number of hydrogen-bond donors (Lipinski definition) is 1. The summed E-state index contributed by atoms with van der Waals surface area (Å²) in [5.74, 6) is 1.40. The SMILES string of the molecule is CC(C)CC(=O)N1CCC(C(O)C(C)C)CC1. The van der Waals surface area contributed by atoms with Crippen molar-refractivity contribution in [3.63, 3.8) is 0 Å². The number of carbonyl (C=O) groups is 1. The van der Waals surface area contributed by atoms with Crippen LogP contribution >= 0.6 is 0 Å². The molecule has 1 unspecified atom stereocenters. The molecule has 0 aromatic carbocycles. The van der Waals surface area contributed by atoms with Gasteiger partial charge in [-0.1, -0.05) is 27.7 Å². The third kappa shape index (κ3) is 4.30. The summed E-state index contributed by atoms with van der Waals surface area (Å²) >= 11 is 0. The lowest BCUT2D eigenvalue weighted by Gasteiger charge is -2.35. The van der Waals surface area contributed by atoms with Crippen molar-refractivity contribution in [3.8, 4) is 0 Å². The Morgan fingerprint density at radius 1 is 1.24 bits per heavy atom. The third-order valence-electron chi connectivity index (χ3n) is 3.64. The van der Waals surface area contributed by atoms with E-state index in [1.54, 1.807) is 0 Å². The predicted molar refractivity (Wildman–Crippen MR) is 69.6 cm³/mol. The minimum Gasteiger partial charge on any atom is -0.393 e. The smallest absolute Gasteiger partial charge is 0.222 e. The van der Waals surface area contributed by atoms with Gasteiger partial charge in [-0.3, -0.25) is 4.79 Å². The monoisotopic (exact) mass is 241 g/mol. The molecule has 1 fully saturated rings. The first-order valence-electron chi connectivity index (χ1n) is 6.87. The number of carbonyl (C=O) groups excluding carboxylic acids is 1. The summed E-state index contributed by atoms with van der Waals surface area (Å²) in [6, 6.07) is 0. The van der Waals surface area contributed by atoms with Gasteiger partial charge in [0.2, 0.25) is 5.91 Å². The second-order valence-electron chi connectivity index (χ2n) is 6.05. The fraction of sp³-hybridized carbons (Fsp3) is 0.929. The maximum Gasteiger partial charge on any atom is 0.222 e. The zero-order chi connectivity index (χ0) is 13.0. The lowest BCUT2D eigenvalue weighted by Crippen LogP contribution is -2.42. The van der Waals surface area contributed by atoms with E-state index in [4.69, 9.17) is 0 Å². The van der Waals surface area contributed by atoms with Gasteiger partial charge in [0.1, 0.15) is 0 Å². The molecule has 1 aliphatic heterocycles. The van der Waals surface area contributed by atoms with Crippen LogP contribution in [0.3, 0.4) is 0 Å². The van der Waals surface area contributed by atoms with Crippen LogP contribution in [-0.2, 0) is 4.79 Å². The molecule has 1 heterocycles. The van der Waals surface area contributed by atoms with E-state index >= 15 is 0 Å². The maximum atomic E-state index is 11.9. The molecule has 1 amide bonds. The van der Waals surface area contributed by atoms with E-state index in [0.29, 0.717) is 24.2 Å². The normalized spacial score (nSPS) is 20.1. The van der Waals surface area contributed by atoms with Gasteiger partial charge in [-0.15, -0.1) is 0 Å². The first kappa shape index (κ1) is 14.5. The highest BCUT2D eigenvalue weighted by molar-refractivity contribution is 5.76. The van der Waals surface area contributed by atoms with Crippen molar-refractivity contribution in [1.82, 2.24) is 4.90 Å². The van der Waals surface area contributed by atoms with Crippen LogP contribution in [0.4, 0.5) is 0 Å². The number of aliphatic hydroxyl groups excluding tert-OH is 1. The Labute approximate surface area is 105 Å². The summed E-state index contributed by atoms with van der Waals surface area (Å²) < 4.78 is 0. The van der Waals surface area contributed by atoms with Crippen LogP contribution in [0, 0.1) is 17.8 Å². The quantitative estimate of drug-likeness (QED) is 0.820. The van der Waals surface area contributed by atoms with Gasteiger partial charge in [0.15, 0.2) is 0 Å². The Hall–Kier alpha value is -0.570. The predicted octanol–water partition coefficient (Wildman–Crippen LogP) is 2.29. The Bertz CT molecular complexity index is 243. The molecular weight excluding hydrogens is 214 g/mol. The van der Waals surface area contributed by atoms with Gasteiger partial charge in [0.05, 0.1) is 6.10 Å². The van der Waals surface area contributed by atoms with E-state index < -0.39 is 0 Å². The highest BCUT2D eigenvalue weighted by Crippen LogP contribution is 2.25. The van der Waals surface area contributed by atoms with E-state index in [-0.39, 0.29) is 12.0 Å². The first-order valence-corrected chi connectivity index (χ1v) is 6.87. The molecule has 1 rings (SSSR count). The van der Waals surface area contributed by atoms with Crippen LogP contribution < -0.4 is 0 Å². The van der Waals surface area contributed by atoms with Crippen LogP contribution in [0.15, 0.2) is 0 Å². The van der Waals surface area contributed by atoms with Crippen LogP contribution in [0.5, 0.6) is 0 Å². The van der Waals surface area contributed by atoms with Crippen LogP contribution in [0.1, 0.15) is 47.0 Å². The Morgan fingerprint density at radius 3 is 2.18 bits per heavy atom. The fourth-order valence-corrected chi connectivity index (χ4v) is 2.51. The lowest BCUT2D eigenvalue weighted by atomic mass is 9.85. The van der Waals surface area contributed by atoms with Crippen LogP contribution in [0.2, 0.25) is 0 Å². The van der Waals surface area contributed by atoms with E-state index in [1.807, 2.05) is 4.90 Å². The fourth-order valence-electron chi connectivity index (χ4n) is 2.51. The summed E-state index contributed by atoms with van der Waals surface area (Å²) in [5.41, 5.74) is 0. The van der Waals surface area contributed by atoms with E-state index in [1.165, 1.54) is 0 Å². The molecule has 100 valence electrons. The zero-order valence-corrected chi connectivity index (χ0v) is 11.6. The molecule has 0 radical (unpaired) electrons. The summed E-state index contributed by atoms with van der Waals surface area (Å²) in [5, 5.41) is 10.0. The molecule has 3 heteroatoms. The molecular formula is C14H27NO2. The Balaban J connectivity index is 2.38. The summed E-state index contributed by atoms with van der Waals surface area (Å²) in [7, 11) is 0. The van der Waals surface area contributed by atoms with Crippen LogP contribution in [-0.4, -0.2) is 35.1 Å². The molecule has 1 atom stereocenters. The van der Waals surface area contributed by atoms with Crippen molar-refractivity contribution in [2.75, 3.05) is 13.1 Å². The van der Waals surface area contributed by atoms with Crippen molar-refractivity contribution >= 4 is 5.91 Å². The molecule has 0 bridgehead atoms. The minimum absolute atomic E-state index is 0.211. The second-order valence-corrected chi connectivity index (χ2v) is 6.05. The van der Waals surface area contributed by atoms with Gasteiger partial charge in [0.25, 0.3) is 0 Å². The zero-order valence-electron chi connectivity index (χ0n) is 11.6. The molecule has 3 nitrogen and oxygen atoms in total. The molecule has 0 aromatic heterocycles. The van der Waals surface area contributed by atoms with Gasteiger partial charge in [0, 0.05) is 19.5 Å². The third-order valence-corrected chi connectivity index (χ3v) is 3.64. The molecule has 17 heavy (non-hydrogen) atoms. The molecule has 1 N–H and O–H groups in total. The number of nitrogens with zero attached hydrogens (tertiary/aromatic N) is 1. The van der Waals surface area contributed by atoms with Crippen molar-refractivity contribution in [2.45, 2.75) is 53.1 Å². The first-order chi connectivity index (χ1) is 7.91. The van der Waals surface area contributed by atoms with E-state index in [0.717, 1.165) is 25.9 Å². The summed E-state index contributed by atoms with van der Waals surface area (Å²) in [4.78, 5) is 13.8. The summed E-state index contributed by atoms with van der Waals surface area (Å²) in [6.07, 6.45) is 2.33. The summed E-state index contributed by atoms with van der Waals surface area (Å²) in [6.45, 7) is 9.91. The lowest BCUT2D eigenvalue weighted by molar-refractivity contribution is -0.134. The van der Waals surface area contributed by atoms with Gasteiger partial charge in [-0.2, -0.15) is 0 Å². The van der Waals surface area contributed by atoms with Gasteiger partial charge >= 0.3 is 0 Å². The minimum atomic E-state index is -0.211. The van der Waals surface area contributed by atoms with E-state index in [9.17, 15) is 9.90 Å². The van der Waals surface area contributed by atoms with Gasteiger partial charge in [-0.05, 0) is 30.6 Å². The number of hydrogen-bond acceptors (Lipinski definition) is 2. The largest absolute Gasteiger partial charge is 0.393 e. The second kappa shape index (κ2) is 6.39. The van der Waals surface area contributed by atoms with Crippen molar-refractivity contribution in [2.24, 2.45) is 17.8 Å². The molecule has 0 spiro atoms. The average molecular weight is 241 g/mol. The van der Waals surface area contributed by atoms with Gasteiger partial charge in [-0.25, -0.2) is 0 Å². The number of piperidine rings is 1. The highest BCUT2D eigenvalue weighted by atomic mass is 16.3. The van der Waals surface area contributed by atoms with E-state index in [2.05, 4.69) is 27.7 Å². The Kier molecular flexibility index (Phi) is 5.44. The number of aliphatic hydroxyl groups is 1. The molecule has 0 aromatic rings. The molecule has 1 aliphatic rings. The highest BCUT2D eigenvalue weighted by Gasteiger charge is 2.28. The molecule has 0 aliphatic carbocycles. The van der Waals surface area contributed by atoms with Crippen molar-refractivity contribution < 1.29 is 9.90 Å². The maximum absolute atomic E-state index is 11.9. The van der Waals surface area contributed by atoms with Crippen molar-refractivity contribution in [3.05, 3.63) is 0 Å². The molecule has 1 saturated heterocycles. The number of likely N-dealkylation sites (tertiary alicyclic amines) is 1. The topological polar surface area (TPSA) is 40.5 Å². The van der Waals surface area contributed by atoms with Gasteiger partial charge < -0.3 is 10.0 Å². The Morgan fingerprint density at radius 2 is 1.76 bits per heavy atom. The average Bonchev–Trinajstić information content (AvgIpc) is 2.27. The van der Waals surface area contributed by atoms with Crippen LogP contribution in [0.25, 0.3) is 0 Å². The standard InChI is InChI=1S/C14H27NO2/c1-10(2)9-13(16)15-7-5-12(6-8-15)14(17)11(3)4/h10-12,14,17H,5-9H2,1-4H3. The number of rotatable bonds is 4. The number of amides is 1. The molecule has 0 saturated carbocycles. The van der Waals surface area contributed by atoms with Crippen molar-refractivity contribution in [1.29, 1.82) is 0 Å².